The Morgan fingerprint density at radius 1 is 1.36 bits per heavy atom. The third-order valence-electron chi connectivity index (χ3n) is 1.09. The van der Waals surface area contributed by atoms with Crippen molar-refractivity contribution in [2.45, 2.75) is 6.92 Å². The first-order valence-electron chi connectivity index (χ1n) is 2.79. The molecule has 0 aromatic heterocycles. The van der Waals surface area contributed by atoms with Gasteiger partial charge in [0, 0.05) is 21.1 Å². The third kappa shape index (κ3) is 2.22. The second-order valence-electron chi connectivity index (χ2n) is 1.77. The highest BCUT2D eigenvalue weighted by atomic mass is 31.2. The average Bonchev–Trinajstić information content (AvgIpc) is 2.01. The second-order valence-corrected chi connectivity index (χ2v) is 3.94. The number of carbonyl (C=O) groups is 1. The van der Waals surface area contributed by atoms with Crippen LogP contribution in [-0.4, -0.2) is 25.5 Å². The molecule has 5 nitrogen and oxygen atoms in total. The topological polar surface area (TPSA) is 76.5 Å². The molecule has 0 saturated heterocycles. The van der Waals surface area contributed by atoms with Gasteiger partial charge < -0.3 is 9.05 Å². The molecule has 0 rings (SSSR count). The van der Waals surface area contributed by atoms with Crippen LogP contribution in [0.3, 0.4) is 0 Å². The highest BCUT2D eigenvalue weighted by Crippen LogP contribution is 2.47. The first kappa shape index (κ1) is 10.5. The van der Waals surface area contributed by atoms with Crippen LogP contribution in [0.25, 0.3) is 0 Å². The third-order valence-corrected chi connectivity index (χ3v) is 2.91. The quantitative estimate of drug-likeness (QED) is 0.516. The summed E-state index contributed by atoms with van der Waals surface area (Å²) in [5, 5.41) is 7.03. The highest BCUT2D eigenvalue weighted by Gasteiger charge is 2.31. The van der Waals surface area contributed by atoms with E-state index < -0.39 is 18.8 Å². The Balaban J connectivity index is 4.66. The van der Waals surface area contributed by atoms with Crippen LogP contribution in [0, 0.1) is 5.41 Å². The van der Waals surface area contributed by atoms with E-state index in [-0.39, 0.29) is 0 Å². The van der Waals surface area contributed by atoms with Crippen LogP contribution in [0.15, 0.2) is 0 Å². The summed E-state index contributed by atoms with van der Waals surface area (Å²) < 4.78 is 20.0. The van der Waals surface area contributed by atoms with Gasteiger partial charge in [0.25, 0.3) is 0 Å². The summed E-state index contributed by atoms with van der Waals surface area (Å²) in [6, 6.07) is 0. The van der Waals surface area contributed by atoms with Crippen molar-refractivity contribution in [3.63, 3.8) is 0 Å². The summed E-state index contributed by atoms with van der Waals surface area (Å²) in [5.74, 6) is -0.614. The van der Waals surface area contributed by atoms with Gasteiger partial charge in [-0.15, -0.1) is 0 Å². The molecule has 0 aromatic rings. The van der Waals surface area contributed by atoms with E-state index in [1.807, 2.05) is 0 Å². The Morgan fingerprint density at radius 2 is 1.73 bits per heavy atom. The highest BCUT2D eigenvalue weighted by molar-refractivity contribution is 7.75. The van der Waals surface area contributed by atoms with Crippen LogP contribution in [0.1, 0.15) is 6.92 Å². The fourth-order valence-corrected chi connectivity index (χ4v) is 1.35. The van der Waals surface area contributed by atoms with Crippen molar-refractivity contribution in [2.75, 3.05) is 14.2 Å². The first-order chi connectivity index (χ1) is 4.98. The Kier molecular flexibility index (Phi) is 3.58. The van der Waals surface area contributed by atoms with Gasteiger partial charge >= 0.3 is 7.60 Å². The van der Waals surface area contributed by atoms with Crippen molar-refractivity contribution in [3.05, 3.63) is 0 Å². The summed E-state index contributed by atoms with van der Waals surface area (Å²) >= 11 is 0. The minimum atomic E-state index is -3.59. The molecule has 1 N–H and O–H groups in total. The number of nitrogens with one attached hydrogen (secondary N) is 1. The summed E-state index contributed by atoms with van der Waals surface area (Å²) in [7, 11) is -1.34. The van der Waals surface area contributed by atoms with Gasteiger partial charge in [0.15, 0.2) is 11.2 Å². The van der Waals surface area contributed by atoms with Gasteiger partial charge in [-0.1, -0.05) is 0 Å². The minimum Gasteiger partial charge on any atom is -0.307 e. The van der Waals surface area contributed by atoms with Crippen molar-refractivity contribution in [1.29, 1.82) is 5.41 Å². The maximum Gasteiger partial charge on any atom is 0.382 e. The Bertz CT molecular complexity index is 217. The number of hydrogen-bond acceptors (Lipinski definition) is 5. The molecule has 0 aromatic carbocycles. The predicted molar refractivity (Wildman–Crippen MR) is 40.0 cm³/mol. The normalized spacial score (nSPS) is 11.2. The monoisotopic (exact) mass is 179 g/mol. The Labute approximate surface area is 64.7 Å². The van der Waals surface area contributed by atoms with E-state index in [0.717, 1.165) is 21.1 Å². The predicted octanol–water partition coefficient (Wildman–Crippen LogP) is 1.04. The Hall–Kier alpha value is -0.510. The molecule has 0 saturated carbocycles. The van der Waals surface area contributed by atoms with Gasteiger partial charge in [-0.3, -0.25) is 14.8 Å². The molecule has 0 fully saturated rings. The van der Waals surface area contributed by atoms with E-state index in [9.17, 15) is 9.36 Å². The molecule has 0 radical (unpaired) electrons. The lowest BCUT2D eigenvalue weighted by Gasteiger charge is -2.11. The molecule has 11 heavy (non-hydrogen) atoms. The van der Waals surface area contributed by atoms with E-state index in [1.165, 1.54) is 0 Å². The van der Waals surface area contributed by atoms with E-state index >= 15 is 0 Å². The molecule has 64 valence electrons. The van der Waals surface area contributed by atoms with Crippen LogP contribution in [0.4, 0.5) is 0 Å². The maximum absolute atomic E-state index is 11.2. The maximum atomic E-state index is 11.2. The number of hydrogen-bond donors (Lipinski definition) is 1. The molecule has 0 aliphatic rings. The molecule has 0 spiro atoms. The van der Waals surface area contributed by atoms with Gasteiger partial charge in [0.05, 0.1) is 0 Å². The number of carbonyl (C=O) groups excluding carboxylic acids is 1. The summed E-state index contributed by atoms with van der Waals surface area (Å²) in [5.41, 5.74) is -0.623. The summed E-state index contributed by atoms with van der Waals surface area (Å²) in [4.78, 5) is 10.6. The van der Waals surface area contributed by atoms with Crippen LogP contribution in [0.2, 0.25) is 0 Å². The van der Waals surface area contributed by atoms with Crippen molar-refractivity contribution in [1.82, 2.24) is 0 Å². The molecular weight excluding hydrogens is 169 g/mol. The molecule has 0 unspecified atom stereocenters. The molecular formula is C5H10NO4P. The SMILES string of the molecule is COP(=O)(OC)C(=N)C(C)=O. The molecule has 0 atom stereocenters. The fourth-order valence-electron chi connectivity index (χ4n) is 0.450. The summed E-state index contributed by atoms with van der Waals surface area (Å²) in [6.45, 7) is 1.13. The average molecular weight is 179 g/mol. The molecule has 0 aliphatic carbocycles. The number of Topliss-reactive ketones (excluding diaryl/α,β-unsaturated/α-hetero) is 1. The largest absolute Gasteiger partial charge is 0.382 e. The number of rotatable bonds is 4. The van der Waals surface area contributed by atoms with E-state index in [4.69, 9.17) is 5.41 Å². The van der Waals surface area contributed by atoms with Gasteiger partial charge in [-0.25, -0.2) is 0 Å². The minimum absolute atomic E-state index is 0.614. The van der Waals surface area contributed by atoms with Gasteiger partial charge in [-0.05, 0) is 0 Å². The smallest absolute Gasteiger partial charge is 0.307 e. The van der Waals surface area contributed by atoms with Crippen LogP contribution in [-0.2, 0) is 18.4 Å². The van der Waals surface area contributed by atoms with Crippen molar-refractivity contribution in [2.24, 2.45) is 0 Å². The molecule has 0 heterocycles. The van der Waals surface area contributed by atoms with Crippen LogP contribution in [0.5, 0.6) is 0 Å². The van der Waals surface area contributed by atoms with E-state index in [2.05, 4.69) is 9.05 Å². The van der Waals surface area contributed by atoms with Gasteiger partial charge in [0.1, 0.15) is 0 Å². The summed E-state index contributed by atoms with van der Waals surface area (Å²) in [6.07, 6.45) is 0. The molecule has 0 aliphatic heterocycles. The standard InChI is InChI=1S/C5H10NO4P/c1-4(7)5(6)11(8,9-2)10-3/h6H,1-3H3. The zero-order chi connectivity index (χ0) is 9.07. The van der Waals surface area contributed by atoms with Crippen molar-refractivity contribution in [3.8, 4) is 0 Å². The van der Waals surface area contributed by atoms with Crippen LogP contribution >= 0.6 is 7.60 Å². The lowest BCUT2D eigenvalue weighted by molar-refractivity contribution is -0.110. The van der Waals surface area contributed by atoms with Gasteiger partial charge in [-0.2, -0.15) is 0 Å². The van der Waals surface area contributed by atoms with E-state index in [0.29, 0.717) is 0 Å². The fraction of sp³-hybridized carbons (Fsp3) is 0.600. The zero-order valence-corrected chi connectivity index (χ0v) is 7.47. The van der Waals surface area contributed by atoms with Crippen LogP contribution < -0.4 is 0 Å². The molecule has 0 amide bonds. The first-order valence-corrected chi connectivity index (χ1v) is 4.33. The number of ketones is 1. The second kappa shape index (κ2) is 3.76. The van der Waals surface area contributed by atoms with Crippen molar-refractivity contribution >= 4 is 18.8 Å². The zero-order valence-electron chi connectivity index (χ0n) is 6.58. The molecule has 0 bridgehead atoms. The lowest BCUT2D eigenvalue weighted by atomic mass is 10.5. The Morgan fingerprint density at radius 3 is 1.82 bits per heavy atom. The molecule has 6 heteroatoms. The lowest BCUT2D eigenvalue weighted by Crippen LogP contribution is -2.11. The van der Waals surface area contributed by atoms with Gasteiger partial charge in [0.2, 0.25) is 0 Å². The van der Waals surface area contributed by atoms with Crippen molar-refractivity contribution < 1.29 is 18.4 Å². The van der Waals surface area contributed by atoms with E-state index in [1.54, 1.807) is 0 Å².